The second-order valence-corrected chi connectivity index (χ2v) is 7.20. The topological polar surface area (TPSA) is 61.2 Å². The lowest BCUT2D eigenvalue weighted by Crippen LogP contribution is -2.24. The van der Waals surface area contributed by atoms with Crippen molar-refractivity contribution >= 4 is 44.6 Å². The SMILES string of the molecule is CCCn1c(SCC(=O)OC(C)C)nc2ccc(Br)cc2c1=O. The van der Waals surface area contributed by atoms with Gasteiger partial charge in [0.05, 0.1) is 22.8 Å². The molecule has 0 N–H and O–H groups in total. The number of carbonyl (C=O) groups excluding carboxylic acids is 1. The highest BCUT2D eigenvalue weighted by atomic mass is 79.9. The minimum Gasteiger partial charge on any atom is -0.462 e. The maximum Gasteiger partial charge on any atom is 0.316 e. The number of fused-ring (bicyclic) bond motifs is 1. The van der Waals surface area contributed by atoms with E-state index in [9.17, 15) is 9.59 Å². The van der Waals surface area contributed by atoms with Gasteiger partial charge in [-0.05, 0) is 38.5 Å². The van der Waals surface area contributed by atoms with Gasteiger partial charge in [0, 0.05) is 11.0 Å². The van der Waals surface area contributed by atoms with Crippen molar-refractivity contribution in [1.29, 1.82) is 0 Å². The summed E-state index contributed by atoms with van der Waals surface area (Å²) in [6.45, 7) is 6.18. The number of hydrogen-bond donors (Lipinski definition) is 0. The Kier molecular flexibility index (Phi) is 6.24. The molecular formula is C16H19BrN2O3S. The number of thioether (sulfide) groups is 1. The quantitative estimate of drug-likeness (QED) is 0.422. The zero-order valence-electron chi connectivity index (χ0n) is 13.3. The van der Waals surface area contributed by atoms with Crippen LogP contribution in [0.1, 0.15) is 27.2 Å². The van der Waals surface area contributed by atoms with Gasteiger partial charge in [0.1, 0.15) is 0 Å². The Morgan fingerprint density at radius 3 is 2.83 bits per heavy atom. The fourth-order valence-electron chi connectivity index (χ4n) is 2.12. The second-order valence-electron chi connectivity index (χ2n) is 5.34. The van der Waals surface area contributed by atoms with Gasteiger partial charge in [0.25, 0.3) is 5.56 Å². The van der Waals surface area contributed by atoms with Crippen LogP contribution < -0.4 is 5.56 Å². The molecule has 1 heterocycles. The van der Waals surface area contributed by atoms with Crippen LogP contribution >= 0.6 is 27.7 Å². The number of esters is 1. The summed E-state index contributed by atoms with van der Waals surface area (Å²) < 4.78 is 7.59. The highest BCUT2D eigenvalue weighted by Gasteiger charge is 2.14. The van der Waals surface area contributed by atoms with Crippen molar-refractivity contribution in [2.45, 2.75) is 45.0 Å². The van der Waals surface area contributed by atoms with E-state index < -0.39 is 0 Å². The molecule has 0 saturated carbocycles. The fourth-order valence-corrected chi connectivity index (χ4v) is 3.29. The van der Waals surface area contributed by atoms with Gasteiger partial charge in [0.2, 0.25) is 0 Å². The molecular weight excluding hydrogens is 380 g/mol. The van der Waals surface area contributed by atoms with Crippen LogP contribution in [0.4, 0.5) is 0 Å². The van der Waals surface area contributed by atoms with E-state index >= 15 is 0 Å². The van der Waals surface area contributed by atoms with Crippen molar-refractivity contribution in [3.05, 3.63) is 33.0 Å². The number of hydrogen-bond acceptors (Lipinski definition) is 5. The molecule has 0 amide bonds. The van der Waals surface area contributed by atoms with Gasteiger partial charge in [-0.3, -0.25) is 14.2 Å². The van der Waals surface area contributed by atoms with Crippen molar-refractivity contribution in [1.82, 2.24) is 9.55 Å². The molecule has 2 aromatic rings. The van der Waals surface area contributed by atoms with Crippen LogP contribution in [-0.4, -0.2) is 27.4 Å². The molecule has 1 aromatic heterocycles. The number of carbonyl (C=O) groups is 1. The summed E-state index contributed by atoms with van der Waals surface area (Å²) in [6.07, 6.45) is 0.660. The van der Waals surface area contributed by atoms with Crippen molar-refractivity contribution in [3.63, 3.8) is 0 Å². The average molecular weight is 399 g/mol. The Morgan fingerprint density at radius 1 is 1.43 bits per heavy atom. The summed E-state index contributed by atoms with van der Waals surface area (Å²) in [7, 11) is 0. The van der Waals surface area contributed by atoms with Gasteiger partial charge in [-0.1, -0.05) is 34.6 Å². The predicted octanol–water partition coefficient (Wildman–Crippen LogP) is 3.61. The van der Waals surface area contributed by atoms with Crippen LogP contribution in [0.25, 0.3) is 10.9 Å². The first-order chi connectivity index (χ1) is 10.9. The van der Waals surface area contributed by atoms with Crippen molar-refractivity contribution in [2.75, 3.05) is 5.75 Å². The molecule has 5 nitrogen and oxygen atoms in total. The summed E-state index contributed by atoms with van der Waals surface area (Å²) in [5.41, 5.74) is 0.545. The molecule has 0 radical (unpaired) electrons. The van der Waals surface area contributed by atoms with E-state index in [0.717, 1.165) is 10.9 Å². The average Bonchev–Trinajstić information content (AvgIpc) is 2.48. The summed E-state index contributed by atoms with van der Waals surface area (Å²) in [6, 6.07) is 5.42. The molecule has 0 bridgehead atoms. The predicted molar refractivity (Wildman–Crippen MR) is 95.9 cm³/mol. The van der Waals surface area contributed by atoms with E-state index in [0.29, 0.717) is 22.6 Å². The Balaban J connectivity index is 2.37. The molecule has 2 rings (SSSR count). The maximum absolute atomic E-state index is 12.7. The lowest BCUT2D eigenvalue weighted by Gasteiger charge is -2.13. The highest BCUT2D eigenvalue weighted by molar-refractivity contribution is 9.10. The molecule has 0 spiro atoms. The number of aromatic nitrogens is 2. The zero-order valence-corrected chi connectivity index (χ0v) is 15.7. The maximum atomic E-state index is 12.7. The summed E-state index contributed by atoms with van der Waals surface area (Å²) in [4.78, 5) is 29.0. The van der Waals surface area contributed by atoms with Crippen LogP contribution in [0.5, 0.6) is 0 Å². The zero-order chi connectivity index (χ0) is 17.0. The highest BCUT2D eigenvalue weighted by Crippen LogP contribution is 2.21. The van der Waals surface area contributed by atoms with Gasteiger partial charge in [0.15, 0.2) is 5.16 Å². The van der Waals surface area contributed by atoms with Gasteiger partial charge >= 0.3 is 5.97 Å². The van der Waals surface area contributed by atoms with Gasteiger partial charge in [-0.2, -0.15) is 0 Å². The number of rotatable bonds is 6. The summed E-state index contributed by atoms with van der Waals surface area (Å²) in [5.74, 6) is -0.172. The lowest BCUT2D eigenvalue weighted by atomic mass is 10.2. The first-order valence-electron chi connectivity index (χ1n) is 7.44. The number of nitrogens with zero attached hydrogens (tertiary/aromatic N) is 2. The Morgan fingerprint density at radius 2 is 2.17 bits per heavy atom. The lowest BCUT2D eigenvalue weighted by molar-refractivity contribution is -0.144. The largest absolute Gasteiger partial charge is 0.462 e. The second kappa shape index (κ2) is 7.97. The van der Waals surface area contributed by atoms with Crippen LogP contribution in [0.15, 0.2) is 32.6 Å². The van der Waals surface area contributed by atoms with E-state index in [-0.39, 0.29) is 23.4 Å². The third kappa shape index (κ3) is 4.57. The van der Waals surface area contributed by atoms with Crippen LogP contribution in [-0.2, 0) is 16.1 Å². The minimum absolute atomic E-state index is 0.0853. The van der Waals surface area contributed by atoms with E-state index in [1.807, 2.05) is 26.8 Å². The van der Waals surface area contributed by atoms with Crippen LogP contribution in [0, 0.1) is 0 Å². The first kappa shape index (κ1) is 18.0. The molecule has 0 saturated heterocycles. The number of benzene rings is 1. The molecule has 0 fully saturated rings. The Hall–Kier alpha value is -1.34. The monoisotopic (exact) mass is 398 g/mol. The molecule has 23 heavy (non-hydrogen) atoms. The third-order valence-electron chi connectivity index (χ3n) is 3.01. The Bertz CT molecular complexity index is 774. The minimum atomic E-state index is -0.307. The number of halogens is 1. The molecule has 0 aliphatic carbocycles. The molecule has 0 unspecified atom stereocenters. The first-order valence-corrected chi connectivity index (χ1v) is 9.22. The van der Waals surface area contributed by atoms with Gasteiger partial charge < -0.3 is 4.74 Å². The summed E-state index contributed by atoms with van der Waals surface area (Å²) >= 11 is 4.61. The smallest absolute Gasteiger partial charge is 0.316 e. The molecule has 1 aromatic carbocycles. The van der Waals surface area contributed by atoms with Crippen LogP contribution in [0.3, 0.4) is 0 Å². The van der Waals surface area contributed by atoms with Gasteiger partial charge in [-0.25, -0.2) is 4.98 Å². The van der Waals surface area contributed by atoms with E-state index in [4.69, 9.17) is 4.74 Å². The molecule has 0 aliphatic heterocycles. The van der Waals surface area contributed by atoms with Crippen molar-refractivity contribution < 1.29 is 9.53 Å². The van der Waals surface area contributed by atoms with Gasteiger partial charge in [-0.15, -0.1) is 0 Å². The number of ether oxygens (including phenoxy) is 1. The van der Waals surface area contributed by atoms with E-state index in [2.05, 4.69) is 20.9 Å². The van der Waals surface area contributed by atoms with Crippen LogP contribution in [0.2, 0.25) is 0 Å². The molecule has 0 atom stereocenters. The van der Waals surface area contributed by atoms with Crippen molar-refractivity contribution in [2.24, 2.45) is 0 Å². The molecule has 0 aliphatic rings. The van der Waals surface area contributed by atoms with E-state index in [1.165, 1.54) is 11.8 Å². The molecule has 7 heteroatoms. The standard InChI is InChI=1S/C16H19BrN2O3S/c1-4-7-19-15(21)12-8-11(17)5-6-13(12)18-16(19)23-9-14(20)22-10(2)3/h5-6,8,10H,4,7,9H2,1-3H3. The normalized spacial score (nSPS) is 11.2. The summed E-state index contributed by atoms with van der Waals surface area (Å²) in [5, 5.41) is 1.12. The third-order valence-corrected chi connectivity index (χ3v) is 4.46. The fraction of sp³-hybridized carbons (Fsp3) is 0.438. The van der Waals surface area contributed by atoms with Crippen molar-refractivity contribution in [3.8, 4) is 0 Å². The Labute approximate surface area is 147 Å². The molecule has 124 valence electrons. The van der Waals surface area contributed by atoms with E-state index in [1.54, 1.807) is 16.7 Å².